The van der Waals surface area contributed by atoms with Gasteiger partial charge in [-0.15, -0.1) is 0 Å². The first-order valence-corrected chi connectivity index (χ1v) is 9.32. The number of nitrogens with two attached hydrogens (primary N) is 1. The van der Waals surface area contributed by atoms with Crippen LogP contribution in [0.5, 0.6) is 0 Å². The first-order chi connectivity index (χ1) is 13.0. The first kappa shape index (κ1) is 17.5. The highest BCUT2D eigenvalue weighted by molar-refractivity contribution is 5.86. The molecule has 3 heterocycles. The van der Waals surface area contributed by atoms with Crippen molar-refractivity contribution in [3.8, 4) is 0 Å². The second kappa shape index (κ2) is 7.03. The highest BCUT2D eigenvalue weighted by atomic mass is 15.2. The van der Waals surface area contributed by atoms with Gasteiger partial charge in [0.2, 0.25) is 5.95 Å². The molecule has 0 saturated carbocycles. The SMILES string of the molecule is CC(C)n1cnc2c(Nc3ccc(N4CCN(C)CC4)cc3)nc(N)nc21. The lowest BCUT2D eigenvalue weighted by Gasteiger charge is -2.34. The molecule has 27 heavy (non-hydrogen) atoms. The molecule has 0 bridgehead atoms. The minimum Gasteiger partial charge on any atom is -0.369 e. The second-order valence-electron chi connectivity index (χ2n) is 7.31. The number of imidazole rings is 1. The Morgan fingerprint density at radius 3 is 2.41 bits per heavy atom. The summed E-state index contributed by atoms with van der Waals surface area (Å²) in [5, 5.41) is 3.34. The van der Waals surface area contributed by atoms with Gasteiger partial charge in [0.1, 0.15) is 0 Å². The number of nitrogens with zero attached hydrogens (tertiary/aromatic N) is 6. The fraction of sp³-hybridized carbons (Fsp3) is 0.421. The van der Waals surface area contributed by atoms with Crippen LogP contribution in [-0.2, 0) is 0 Å². The molecule has 1 aromatic carbocycles. The van der Waals surface area contributed by atoms with Crippen molar-refractivity contribution in [2.24, 2.45) is 0 Å². The summed E-state index contributed by atoms with van der Waals surface area (Å²) in [6.07, 6.45) is 1.78. The number of hydrogen-bond donors (Lipinski definition) is 2. The van der Waals surface area contributed by atoms with Gasteiger partial charge in [0.15, 0.2) is 17.0 Å². The average Bonchev–Trinajstić information content (AvgIpc) is 3.07. The van der Waals surface area contributed by atoms with Gasteiger partial charge in [0, 0.05) is 43.6 Å². The molecular formula is C19H26N8. The Labute approximate surface area is 159 Å². The Balaban J connectivity index is 1.57. The van der Waals surface area contributed by atoms with Gasteiger partial charge in [-0.25, -0.2) is 4.98 Å². The summed E-state index contributed by atoms with van der Waals surface area (Å²) in [4.78, 5) is 18.0. The van der Waals surface area contributed by atoms with Crippen molar-refractivity contribution in [2.45, 2.75) is 19.9 Å². The number of likely N-dealkylation sites (N-methyl/N-ethyl adjacent to an activating group) is 1. The molecule has 0 radical (unpaired) electrons. The number of piperazine rings is 1. The smallest absolute Gasteiger partial charge is 0.224 e. The average molecular weight is 366 g/mol. The number of nitrogen functional groups attached to an aromatic ring is 1. The number of hydrogen-bond acceptors (Lipinski definition) is 7. The van der Waals surface area contributed by atoms with E-state index in [4.69, 9.17) is 5.73 Å². The van der Waals surface area contributed by atoms with E-state index in [1.165, 1.54) is 5.69 Å². The summed E-state index contributed by atoms with van der Waals surface area (Å²) in [5.74, 6) is 0.866. The second-order valence-corrected chi connectivity index (χ2v) is 7.31. The zero-order chi connectivity index (χ0) is 19.0. The number of fused-ring (bicyclic) bond motifs is 1. The lowest BCUT2D eigenvalue weighted by atomic mass is 10.2. The van der Waals surface area contributed by atoms with Gasteiger partial charge in [-0.2, -0.15) is 9.97 Å². The maximum Gasteiger partial charge on any atom is 0.224 e. The Kier molecular flexibility index (Phi) is 4.57. The fourth-order valence-corrected chi connectivity index (χ4v) is 3.36. The molecule has 1 fully saturated rings. The third kappa shape index (κ3) is 3.52. The van der Waals surface area contributed by atoms with Gasteiger partial charge in [0.05, 0.1) is 6.33 Å². The van der Waals surface area contributed by atoms with E-state index in [-0.39, 0.29) is 12.0 Å². The molecule has 0 spiro atoms. The molecule has 0 atom stereocenters. The van der Waals surface area contributed by atoms with Crippen LogP contribution in [0.4, 0.5) is 23.1 Å². The molecule has 1 aliphatic heterocycles. The van der Waals surface area contributed by atoms with Crippen LogP contribution < -0.4 is 16.0 Å². The maximum absolute atomic E-state index is 5.93. The lowest BCUT2D eigenvalue weighted by Crippen LogP contribution is -2.44. The van der Waals surface area contributed by atoms with Crippen LogP contribution in [0, 0.1) is 0 Å². The highest BCUT2D eigenvalue weighted by Crippen LogP contribution is 2.26. The normalized spacial score (nSPS) is 15.6. The third-order valence-electron chi connectivity index (χ3n) is 4.99. The zero-order valence-electron chi connectivity index (χ0n) is 16.1. The summed E-state index contributed by atoms with van der Waals surface area (Å²) in [6.45, 7) is 8.47. The van der Waals surface area contributed by atoms with Crippen molar-refractivity contribution in [3.05, 3.63) is 30.6 Å². The molecule has 0 aliphatic carbocycles. The van der Waals surface area contributed by atoms with Crippen LogP contribution in [0.1, 0.15) is 19.9 Å². The fourth-order valence-electron chi connectivity index (χ4n) is 3.36. The standard InChI is InChI=1S/C19H26N8/c1-13(2)27-12-21-16-17(23-19(20)24-18(16)27)22-14-4-6-15(7-5-14)26-10-8-25(3)9-11-26/h4-7,12-13H,8-11H2,1-3H3,(H3,20,22,23,24). The van der Waals surface area contributed by atoms with Gasteiger partial charge in [0.25, 0.3) is 0 Å². The van der Waals surface area contributed by atoms with E-state index in [0.29, 0.717) is 5.82 Å². The minimum absolute atomic E-state index is 0.237. The van der Waals surface area contributed by atoms with Crippen molar-refractivity contribution in [1.29, 1.82) is 0 Å². The molecular weight excluding hydrogens is 340 g/mol. The summed E-state index contributed by atoms with van der Waals surface area (Å²) >= 11 is 0. The first-order valence-electron chi connectivity index (χ1n) is 9.32. The summed E-state index contributed by atoms with van der Waals surface area (Å²) in [6, 6.07) is 8.67. The summed E-state index contributed by atoms with van der Waals surface area (Å²) in [5.41, 5.74) is 9.58. The largest absolute Gasteiger partial charge is 0.369 e. The summed E-state index contributed by atoms with van der Waals surface area (Å²) < 4.78 is 2.00. The van der Waals surface area contributed by atoms with Crippen LogP contribution in [-0.4, -0.2) is 57.6 Å². The van der Waals surface area contributed by atoms with Crippen molar-refractivity contribution < 1.29 is 0 Å². The van der Waals surface area contributed by atoms with E-state index in [0.717, 1.165) is 43.0 Å². The zero-order valence-corrected chi connectivity index (χ0v) is 16.1. The molecule has 0 unspecified atom stereocenters. The Morgan fingerprint density at radius 1 is 1.04 bits per heavy atom. The van der Waals surface area contributed by atoms with E-state index in [9.17, 15) is 0 Å². The highest BCUT2D eigenvalue weighted by Gasteiger charge is 2.16. The van der Waals surface area contributed by atoms with E-state index in [1.807, 2.05) is 4.57 Å². The molecule has 0 amide bonds. The van der Waals surface area contributed by atoms with E-state index >= 15 is 0 Å². The van der Waals surface area contributed by atoms with Crippen LogP contribution in [0.25, 0.3) is 11.2 Å². The Bertz CT molecular complexity index is 923. The van der Waals surface area contributed by atoms with Gasteiger partial charge in [-0.1, -0.05) is 0 Å². The van der Waals surface area contributed by atoms with Gasteiger partial charge >= 0.3 is 0 Å². The molecule has 142 valence electrons. The Hall–Kier alpha value is -2.87. The molecule has 2 aromatic heterocycles. The number of rotatable bonds is 4. The number of aromatic nitrogens is 4. The third-order valence-corrected chi connectivity index (χ3v) is 4.99. The van der Waals surface area contributed by atoms with Crippen molar-refractivity contribution in [2.75, 3.05) is 49.2 Å². The number of benzene rings is 1. The number of anilines is 4. The molecule has 1 aliphatic rings. The van der Waals surface area contributed by atoms with Crippen molar-refractivity contribution >= 4 is 34.3 Å². The van der Waals surface area contributed by atoms with Crippen molar-refractivity contribution in [1.82, 2.24) is 24.4 Å². The van der Waals surface area contributed by atoms with Crippen LogP contribution in [0.2, 0.25) is 0 Å². The van der Waals surface area contributed by atoms with E-state index in [2.05, 4.69) is 75.2 Å². The molecule has 3 aromatic rings. The monoisotopic (exact) mass is 366 g/mol. The predicted octanol–water partition coefficient (Wildman–Crippen LogP) is 2.48. The van der Waals surface area contributed by atoms with E-state index in [1.54, 1.807) is 6.33 Å². The van der Waals surface area contributed by atoms with Gasteiger partial charge in [-0.05, 0) is 45.2 Å². The molecule has 8 heteroatoms. The predicted molar refractivity (Wildman–Crippen MR) is 110 cm³/mol. The molecule has 4 rings (SSSR count). The molecule has 8 nitrogen and oxygen atoms in total. The number of nitrogens with one attached hydrogen (secondary N) is 1. The van der Waals surface area contributed by atoms with E-state index < -0.39 is 0 Å². The summed E-state index contributed by atoms with van der Waals surface area (Å²) in [7, 11) is 2.17. The maximum atomic E-state index is 5.93. The van der Waals surface area contributed by atoms with Crippen LogP contribution in [0.15, 0.2) is 30.6 Å². The van der Waals surface area contributed by atoms with Crippen LogP contribution in [0.3, 0.4) is 0 Å². The topological polar surface area (TPSA) is 88.1 Å². The Morgan fingerprint density at radius 2 is 1.74 bits per heavy atom. The van der Waals surface area contributed by atoms with Gasteiger partial charge < -0.3 is 25.4 Å². The van der Waals surface area contributed by atoms with Gasteiger partial charge in [-0.3, -0.25) is 0 Å². The lowest BCUT2D eigenvalue weighted by molar-refractivity contribution is 0.313. The molecule has 3 N–H and O–H groups in total. The van der Waals surface area contributed by atoms with Crippen LogP contribution >= 0.6 is 0 Å². The molecule has 1 saturated heterocycles. The van der Waals surface area contributed by atoms with Crippen molar-refractivity contribution in [3.63, 3.8) is 0 Å². The quantitative estimate of drug-likeness (QED) is 0.733. The minimum atomic E-state index is 0.237.